The number of fused-ring (bicyclic) bond motifs is 1. The molecule has 0 spiro atoms. The Morgan fingerprint density at radius 2 is 2.17 bits per heavy atom. The minimum absolute atomic E-state index is 0.178. The maximum Gasteiger partial charge on any atom is 0.137 e. The Bertz CT molecular complexity index is 837. The molecule has 3 aromatic rings. The van der Waals surface area contributed by atoms with Crippen molar-refractivity contribution in [3.05, 3.63) is 53.7 Å². The number of hydrogen-bond donors (Lipinski definition) is 0. The van der Waals surface area contributed by atoms with Crippen molar-refractivity contribution in [2.75, 3.05) is 19.7 Å². The summed E-state index contributed by atoms with van der Waals surface area (Å²) in [5.74, 6) is 0. The second-order valence-electron chi connectivity index (χ2n) is 6.60. The summed E-state index contributed by atoms with van der Waals surface area (Å²) in [6.45, 7) is 8.44. The largest absolute Gasteiger partial charge is 0.374 e. The molecule has 4 heterocycles. The molecule has 1 aliphatic rings. The molecule has 0 bridgehead atoms. The summed E-state index contributed by atoms with van der Waals surface area (Å²) in [5.41, 5.74) is 4.52. The molecule has 0 amide bonds. The SMILES string of the molecule is Cc1cnn(CC2CN(Cc3cn4c(C)cccc4n3)CCO2)c1. The molecule has 1 fully saturated rings. The molecule has 6 nitrogen and oxygen atoms in total. The van der Waals surface area contributed by atoms with E-state index in [1.807, 2.05) is 10.9 Å². The van der Waals surface area contributed by atoms with Crippen LogP contribution in [0.15, 0.2) is 36.8 Å². The fraction of sp³-hybridized carbons (Fsp3) is 0.444. The van der Waals surface area contributed by atoms with Crippen molar-refractivity contribution in [3.63, 3.8) is 0 Å². The second kappa shape index (κ2) is 6.37. The number of rotatable bonds is 4. The highest BCUT2D eigenvalue weighted by Crippen LogP contribution is 2.14. The number of hydrogen-bond acceptors (Lipinski definition) is 4. The number of imidazole rings is 1. The van der Waals surface area contributed by atoms with Gasteiger partial charge in [-0.25, -0.2) is 4.98 Å². The second-order valence-corrected chi connectivity index (χ2v) is 6.60. The van der Waals surface area contributed by atoms with E-state index in [9.17, 15) is 0 Å². The van der Waals surface area contributed by atoms with Crippen LogP contribution in [0, 0.1) is 13.8 Å². The van der Waals surface area contributed by atoms with E-state index in [2.05, 4.69) is 58.8 Å². The quantitative estimate of drug-likeness (QED) is 0.736. The fourth-order valence-electron chi connectivity index (χ4n) is 3.31. The van der Waals surface area contributed by atoms with Crippen LogP contribution in [-0.2, 0) is 17.8 Å². The lowest BCUT2D eigenvalue weighted by atomic mass is 10.2. The minimum Gasteiger partial charge on any atom is -0.374 e. The first-order valence-corrected chi connectivity index (χ1v) is 8.44. The highest BCUT2D eigenvalue weighted by Gasteiger charge is 2.22. The van der Waals surface area contributed by atoms with Crippen molar-refractivity contribution in [1.82, 2.24) is 24.1 Å². The predicted molar refractivity (Wildman–Crippen MR) is 91.9 cm³/mol. The van der Waals surface area contributed by atoms with Crippen LogP contribution in [0.4, 0.5) is 0 Å². The number of aromatic nitrogens is 4. The Morgan fingerprint density at radius 1 is 1.25 bits per heavy atom. The van der Waals surface area contributed by atoms with E-state index in [1.165, 1.54) is 11.3 Å². The molecule has 126 valence electrons. The highest BCUT2D eigenvalue weighted by molar-refractivity contribution is 5.41. The highest BCUT2D eigenvalue weighted by atomic mass is 16.5. The van der Waals surface area contributed by atoms with Crippen LogP contribution in [0.5, 0.6) is 0 Å². The zero-order chi connectivity index (χ0) is 16.5. The smallest absolute Gasteiger partial charge is 0.137 e. The summed E-state index contributed by atoms with van der Waals surface area (Å²) in [6.07, 6.45) is 6.27. The Labute approximate surface area is 141 Å². The van der Waals surface area contributed by atoms with Gasteiger partial charge in [-0.2, -0.15) is 5.10 Å². The molecule has 0 radical (unpaired) electrons. The lowest BCUT2D eigenvalue weighted by Crippen LogP contribution is -2.43. The summed E-state index contributed by atoms with van der Waals surface area (Å²) in [7, 11) is 0. The van der Waals surface area contributed by atoms with E-state index in [-0.39, 0.29) is 6.10 Å². The zero-order valence-corrected chi connectivity index (χ0v) is 14.2. The Hall–Kier alpha value is -2.18. The Morgan fingerprint density at radius 3 is 2.96 bits per heavy atom. The van der Waals surface area contributed by atoms with E-state index in [1.54, 1.807) is 0 Å². The molecule has 1 unspecified atom stereocenters. The first-order valence-electron chi connectivity index (χ1n) is 8.44. The van der Waals surface area contributed by atoms with E-state index < -0.39 is 0 Å². The van der Waals surface area contributed by atoms with Gasteiger partial charge in [0.2, 0.25) is 0 Å². The van der Waals surface area contributed by atoms with Crippen molar-refractivity contribution < 1.29 is 4.74 Å². The van der Waals surface area contributed by atoms with E-state index in [0.717, 1.165) is 44.1 Å². The van der Waals surface area contributed by atoms with Crippen molar-refractivity contribution in [2.45, 2.75) is 33.0 Å². The first-order chi connectivity index (χ1) is 11.7. The molecule has 4 rings (SSSR count). The van der Waals surface area contributed by atoms with Crippen LogP contribution >= 0.6 is 0 Å². The molecule has 1 aliphatic heterocycles. The lowest BCUT2D eigenvalue weighted by molar-refractivity contribution is -0.0405. The molecule has 0 aliphatic carbocycles. The van der Waals surface area contributed by atoms with Gasteiger partial charge in [-0.3, -0.25) is 9.58 Å². The molecule has 0 N–H and O–H groups in total. The van der Waals surface area contributed by atoms with Crippen molar-refractivity contribution in [3.8, 4) is 0 Å². The van der Waals surface area contributed by atoms with Gasteiger partial charge in [0, 0.05) is 37.7 Å². The zero-order valence-electron chi connectivity index (χ0n) is 14.2. The summed E-state index contributed by atoms with van der Waals surface area (Å²) < 4.78 is 10.0. The van der Waals surface area contributed by atoms with Crippen molar-refractivity contribution >= 4 is 5.65 Å². The minimum atomic E-state index is 0.178. The first kappa shape index (κ1) is 15.4. The van der Waals surface area contributed by atoms with E-state index in [0.29, 0.717) is 0 Å². The monoisotopic (exact) mass is 325 g/mol. The summed E-state index contributed by atoms with van der Waals surface area (Å²) in [5, 5.41) is 4.36. The molecule has 6 heteroatoms. The van der Waals surface area contributed by atoms with Crippen LogP contribution in [0.1, 0.15) is 17.0 Å². The molecule has 0 saturated carbocycles. The number of morpholine rings is 1. The van der Waals surface area contributed by atoms with Gasteiger partial charge in [0.05, 0.1) is 31.1 Å². The van der Waals surface area contributed by atoms with Crippen LogP contribution in [-0.4, -0.2) is 49.9 Å². The average Bonchev–Trinajstić information content (AvgIpc) is 3.14. The molecule has 1 saturated heterocycles. The third-order valence-corrected chi connectivity index (χ3v) is 4.51. The summed E-state index contributed by atoms with van der Waals surface area (Å²) >= 11 is 0. The normalized spacial score (nSPS) is 19.2. The van der Waals surface area contributed by atoms with Gasteiger partial charge in [0.1, 0.15) is 5.65 Å². The van der Waals surface area contributed by atoms with Crippen LogP contribution in [0.3, 0.4) is 0 Å². The van der Waals surface area contributed by atoms with Crippen molar-refractivity contribution in [2.24, 2.45) is 0 Å². The van der Waals surface area contributed by atoms with Gasteiger partial charge in [-0.05, 0) is 31.5 Å². The van der Waals surface area contributed by atoms with Gasteiger partial charge in [0.15, 0.2) is 0 Å². The number of pyridine rings is 1. The predicted octanol–water partition coefficient (Wildman–Crippen LogP) is 2.05. The van der Waals surface area contributed by atoms with Crippen molar-refractivity contribution in [1.29, 1.82) is 0 Å². The molecule has 24 heavy (non-hydrogen) atoms. The third-order valence-electron chi connectivity index (χ3n) is 4.51. The lowest BCUT2D eigenvalue weighted by Gasteiger charge is -2.32. The summed E-state index contributed by atoms with van der Waals surface area (Å²) in [6, 6.07) is 6.21. The standard InChI is InChI=1S/C18H23N5O/c1-14-8-19-22(9-14)13-17-12-21(6-7-24-17)10-16-11-23-15(2)4-3-5-18(23)20-16/h3-5,8-9,11,17H,6-7,10,12-13H2,1-2H3. The molecular weight excluding hydrogens is 302 g/mol. The third kappa shape index (κ3) is 3.20. The van der Waals surface area contributed by atoms with Gasteiger partial charge < -0.3 is 9.14 Å². The van der Waals surface area contributed by atoms with E-state index >= 15 is 0 Å². The molecular formula is C18H23N5O. The van der Waals surface area contributed by atoms with E-state index in [4.69, 9.17) is 9.72 Å². The van der Waals surface area contributed by atoms with Crippen LogP contribution in [0.2, 0.25) is 0 Å². The number of ether oxygens (including phenoxy) is 1. The van der Waals surface area contributed by atoms with Gasteiger partial charge in [0.25, 0.3) is 0 Å². The van der Waals surface area contributed by atoms with Gasteiger partial charge in [-0.15, -0.1) is 0 Å². The maximum atomic E-state index is 5.91. The number of aryl methyl sites for hydroxylation is 2. The van der Waals surface area contributed by atoms with Gasteiger partial charge in [-0.1, -0.05) is 6.07 Å². The fourth-order valence-corrected chi connectivity index (χ4v) is 3.31. The molecule has 0 aromatic carbocycles. The Balaban J connectivity index is 1.42. The maximum absolute atomic E-state index is 5.91. The van der Waals surface area contributed by atoms with Crippen LogP contribution in [0.25, 0.3) is 5.65 Å². The summed E-state index contributed by atoms with van der Waals surface area (Å²) in [4.78, 5) is 7.16. The topological polar surface area (TPSA) is 47.6 Å². The molecule has 3 aromatic heterocycles. The number of nitrogens with zero attached hydrogens (tertiary/aromatic N) is 5. The average molecular weight is 325 g/mol. The Kier molecular flexibility index (Phi) is 4.08. The van der Waals surface area contributed by atoms with Crippen LogP contribution < -0.4 is 0 Å². The molecule has 1 atom stereocenters. The van der Waals surface area contributed by atoms with Gasteiger partial charge >= 0.3 is 0 Å².